The normalized spacial score (nSPS) is 16.7. The van der Waals surface area contributed by atoms with Crippen LogP contribution in [0.2, 0.25) is 5.02 Å². The van der Waals surface area contributed by atoms with Crippen LogP contribution in [0.1, 0.15) is 22.5 Å². The number of rotatable bonds is 5. The molecule has 0 saturated carbocycles. The molecule has 3 aromatic rings. The maximum absolute atomic E-state index is 12.9. The van der Waals surface area contributed by atoms with Crippen molar-refractivity contribution >= 4 is 17.5 Å². The zero-order chi connectivity index (χ0) is 18.6. The van der Waals surface area contributed by atoms with Crippen LogP contribution in [-0.4, -0.2) is 26.8 Å². The number of hydrogen-bond donors (Lipinski definition) is 2. The van der Waals surface area contributed by atoms with Gasteiger partial charge in [-0.25, -0.2) is 4.98 Å². The molecule has 2 aromatic carbocycles. The summed E-state index contributed by atoms with van der Waals surface area (Å²) in [4.78, 5) is 22.7. The lowest BCUT2D eigenvalue weighted by molar-refractivity contribution is -0.127. The van der Waals surface area contributed by atoms with Gasteiger partial charge in [0.2, 0.25) is 5.91 Å². The molecular weight excluding hydrogens is 360 g/mol. The first-order valence-corrected chi connectivity index (χ1v) is 9.38. The molecule has 5 nitrogen and oxygen atoms in total. The Labute approximate surface area is 163 Å². The molecule has 0 spiro atoms. The highest BCUT2D eigenvalue weighted by Gasteiger charge is 2.32. The molecule has 138 valence electrons. The van der Waals surface area contributed by atoms with Gasteiger partial charge in [0.15, 0.2) is 0 Å². The van der Waals surface area contributed by atoms with Crippen LogP contribution in [0.25, 0.3) is 0 Å². The van der Waals surface area contributed by atoms with Gasteiger partial charge in [0.1, 0.15) is 0 Å². The van der Waals surface area contributed by atoms with Gasteiger partial charge in [-0.1, -0.05) is 54.1 Å². The van der Waals surface area contributed by atoms with Gasteiger partial charge >= 0.3 is 0 Å². The van der Waals surface area contributed by atoms with Crippen LogP contribution >= 0.6 is 11.6 Å². The zero-order valence-electron chi connectivity index (χ0n) is 14.9. The van der Waals surface area contributed by atoms with E-state index in [2.05, 4.69) is 20.2 Å². The van der Waals surface area contributed by atoms with Crippen molar-refractivity contribution in [1.29, 1.82) is 0 Å². The number of benzene rings is 2. The van der Waals surface area contributed by atoms with Crippen LogP contribution in [0.4, 0.5) is 0 Å². The largest absolute Gasteiger partial charge is 0.351 e. The van der Waals surface area contributed by atoms with Crippen molar-refractivity contribution in [1.82, 2.24) is 20.2 Å². The molecule has 2 N–H and O–H groups in total. The minimum atomic E-state index is -0.250. The van der Waals surface area contributed by atoms with Crippen LogP contribution in [-0.2, 0) is 30.8 Å². The zero-order valence-corrected chi connectivity index (χ0v) is 15.6. The van der Waals surface area contributed by atoms with E-state index >= 15 is 0 Å². The summed E-state index contributed by atoms with van der Waals surface area (Å²) in [6.45, 7) is 1.87. The average Bonchev–Trinajstić information content (AvgIpc) is 3.15. The lowest BCUT2D eigenvalue weighted by Crippen LogP contribution is -2.49. The number of imidazole rings is 1. The van der Waals surface area contributed by atoms with Gasteiger partial charge in [-0.3, -0.25) is 9.69 Å². The van der Waals surface area contributed by atoms with E-state index in [-0.39, 0.29) is 11.9 Å². The maximum atomic E-state index is 12.9. The summed E-state index contributed by atoms with van der Waals surface area (Å²) in [5.41, 5.74) is 4.27. The van der Waals surface area contributed by atoms with Gasteiger partial charge in [0.05, 0.1) is 23.8 Å². The van der Waals surface area contributed by atoms with E-state index in [1.807, 2.05) is 54.6 Å². The molecular formula is C21H21ClN4O. The summed E-state index contributed by atoms with van der Waals surface area (Å²) < 4.78 is 0. The Morgan fingerprint density at radius 2 is 1.93 bits per heavy atom. The maximum Gasteiger partial charge on any atom is 0.238 e. The highest BCUT2D eigenvalue weighted by atomic mass is 35.5. The molecule has 0 saturated heterocycles. The lowest BCUT2D eigenvalue weighted by Gasteiger charge is -2.34. The molecule has 1 aliphatic heterocycles. The third-order valence-corrected chi connectivity index (χ3v) is 5.16. The molecule has 0 bridgehead atoms. The first-order valence-electron chi connectivity index (χ1n) is 9.00. The van der Waals surface area contributed by atoms with Gasteiger partial charge in [0.25, 0.3) is 0 Å². The van der Waals surface area contributed by atoms with Crippen molar-refractivity contribution in [3.05, 3.63) is 88.5 Å². The fraction of sp³-hybridized carbons (Fsp3) is 0.238. The molecule has 1 amide bonds. The fourth-order valence-electron chi connectivity index (χ4n) is 3.44. The predicted molar refractivity (Wildman–Crippen MR) is 105 cm³/mol. The highest BCUT2D eigenvalue weighted by Crippen LogP contribution is 2.23. The number of carbonyl (C=O) groups is 1. The van der Waals surface area contributed by atoms with E-state index in [0.717, 1.165) is 22.5 Å². The highest BCUT2D eigenvalue weighted by molar-refractivity contribution is 6.30. The number of H-pyrrole nitrogens is 1. The minimum Gasteiger partial charge on any atom is -0.351 e. The monoisotopic (exact) mass is 380 g/mol. The molecule has 0 fully saturated rings. The molecule has 1 atom stereocenters. The predicted octanol–water partition coefficient (Wildman–Crippen LogP) is 3.31. The Morgan fingerprint density at radius 1 is 1.15 bits per heavy atom. The summed E-state index contributed by atoms with van der Waals surface area (Å²) in [7, 11) is 0. The van der Waals surface area contributed by atoms with E-state index in [1.54, 1.807) is 6.33 Å². The molecule has 1 aliphatic rings. The number of nitrogens with one attached hydrogen (secondary N) is 2. The third-order valence-electron chi connectivity index (χ3n) is 4.91. The summed E-state index contributed by atoms with van der Waals surface area (Å²) in [5.74, 6) is 0.0291. The number of nitrogens with zero attached hydrogens (tertiary/aromatic N) is 2. The summed E-state index contributed by atoms with van der Waals surface area (Å²) >= 11 is 5.99. The van der Waals surface area contributed by atoms with E-state index in [9.17, 15) is 4.79 Å². The molecule has 27 heavy (non-hydrogen) atoms. The molecule has 0 radical (unpaired) electrons. The number of carbonyl (C=O) groups excluding carboxylic acids is 1. The first kappa shape index (κ1) is 17.8. The SMILES string of the molecule is O=C(NCc1ccccc1)[C@@H]1Cc2nc[nH]c2CN1Cc1ccc(Cl)cc1. The smallest absolute Gasteiger partial charge is 0.238 e. The Bertz CT molecular complexity index is 907. The molecule has 1 aromatic heterocycles. The van der Waals surface area contributed by atoms with Crippen molar-refractivity contribution in [2.45, 2.75) is 32.1 Å². The summed E-state index contributed by atoms with van der Waals surface area (Å²) in [5, 5.41) is 3.79. The van der Waals surface area contributed by atoms with Gasteiger partial charge in [0, 0.05) is 31.1 Å². The number of hydrogen-bond acceptors (Lipinski definition) is 3. The van der Waals surface area contributed by atoms with Crippen LogP contribution < -0.4 is 5.32 Å². The van der Waals surface area contributed by atoms with Crippen LogP contribution in [0.3, 0.4) is 0 Å². The van der Waals surface area contributed by atoms with Crippen molar-refractivity contribution in [3.63, 3.8) is 0 Å². The Morgan fingerprint density at radius 3 is 2.70 bits per heavy atom. The molecule has 2 heterocycles. The van der Waals surface area contributed by atoms with Crippen molar-refractivity contribution in [2.75, 3.05) is 0 Å². The fourth-order valence-corrected chi connectivity index (χ4v) is 3.57. The van der Waals surface area contributed by atoms with Crippen LogP contribution in [0.5, 0.6) is 0 Å². The molecule has 0 unspecified atom stereocenters. The number of halogens is 1. The topological polar surface area (TPSA) is 61.0 Å². The number of aromatic amines is 1. The van der Waals surface area contributed by atoms with Gasteiger partial charge < -0.3 is 10.3 Å². The quantitative estimate of drug-likeness (QED) is 0.714. The van der Waals surface area contributed by atoms with Gasteiger partial charge in [-0.15, -0.1) is 0 Å². The van der Waals surface area contributed by atoms with Gasteiger partial charge in [-0.2, -0.15) is 0 Å². The number of aromatic nitrogens is 2. The molecule has 6 heteroatoms. The van der Waals surface area contributed by atoms with Crippen molar-refractivity contribution in [2.24, 2.45) is 0 Å². The average molecular weight is 381 g/mol. The van der Waals surface area contributed by atoms with Crippen molar-refractivity contribution in [3.8, 4) is 0 Å². The molecule has 4 rings (SSSR count). The summed E-state index contributed by atoms with van der Waals surface area (Å²) in [6, 6.07) is 17.5. The second-order valence-electron chi connectivity index (χ2n) is 6.78. The summed E-state index contributed by atoms with van der Waals surface area (Å²) in [6.07, 6.45) is 2.31. The minimum absolute atomic E-state index is 0.0291. The van der Waals surface area contributed by atoms with Crippen LogP contribution in [0, 0.1) is 0 Å². The number of fused-ring (bicyclic) bond motifs is 1. The first-order chi connectivity index (χ1) is 13.2. The van der Waals surface area contributed by atoms with E-state index in [0.29, 0.717) is 31.1 Å². The third kappa shape index (κ3) is 4.21. The Kier molecular flexibility index (Phi) is 5.23. The van der Waals surface area contributed by atoms with Crippen molar-refractivity contribution < 1.29 is 4.79 Å². The number of amides is 1. The van der Waals surface area contributed by atoms with E-state index in [1.165, 1.54) is 0 Å². The standard InChI is InChI=1S/C21H21ClN4O/c22-17-8-6-16(7-9-17)12-26-13-19-18(24-14-25-19)10-20(26)21(27)23-11-15-4-2-1-3-5-15/h1-9,14,20H,10-13H2,(H,23,27)(H,24,25)/t20-/m0/s1. The van der Waals surface area contributed by atoms with Crippen LogP contribution in [0.15, 0.2) is 60.9 Å². The lowest BCUT2D eigenvalue weighted by atomic mass is 10.0. The second kappa shape index (κ2) is 7.94. The Balaban J connectivity index is 1.50. The van der Waals surface area contributed by atoms with Gasteiger partial charge in [-0.05, 0) is 23.3 Å². The second-order valence-corrected chi connectivity index (χ2v) is 7.22. The molecule has 0 aliphatic carbocycles. The van der Waals surface area contributed by atoms with E-state index in [4.69, 9.17) is 11.6 Å². The van der Waals surface area contributed by atoms with E-state index < -0.39 is 0 Å². The Hall–Kier alpha value is -2.63.